The second-order valence-electron chi connectivity index (χ2n) is 9.29. The van der Waals surface area contributed by atoms with E-state index in [2.05, 4.69) is 34.8 Å². The molecule has 2 N–H and O–H groups in total. The number of nitrogens with one attached hydrogen (secondary N) is 1. The van der Waals surface area contributed by atoms with E-state index in [9.17, 15) is 14.7 Å². The lowest BCUT2D eigenvalue weighted by Gasteiger charge is -2.19. The maximum absolute atomic E-state index is 13.2. The van der Waals surface area contributed by atoms with Crippen LogP contribution in [0.1, 0.15) is 27.0 Å². The van der Waals surface area contributed by atoms with Crippen molar-refractivity contribution in [3.63, 3.8) is 0 Å². The van der Waals surface area contributed by atoms with Crippen molar-refractivity contribution in [1.29, 1.82) is 0 Å². The molecule has 5 aromatic carbocycles. The van der Waals surface area contributed by atoms with Crippen molar-refractivity contribution < 1.29 is 14.7 Å². The summed E-state index contributed by atoms with van der Waals surface area (Å²) in [6.07, 6.45) is 1.83. The van der Waals surface area contributed by atoms with E-state index in [1.807, 2.05) is 61.6 Å². The molecule has 0 fully saturated rings. The first-order valence-electron chi connectivity index (χ1n) is 12.4. The minimum atomic E-state index is -0.450. The Morgan fingerprint density at radius 1 is 0.872 bits per heavy atom. The summed E-state index contributed by atoms with van der Waals surface area (Å²) < 4.78 is 0. The number of benzene rings is 5. The predicted molar refractivity (Wildman–Crippen MR) is 156 cm³/mol. The van der Waals surface area contributed by atoms with E-state index in [0.29, 0.717) is 6.54 Å². The number of hydrazone groups is 1. The number of rotatable bonds is 7. The molecule has 5 aromatic rings. The van der Waals surface area contributed by atoms with E-state index in [4.69, 9.17) is 11.6 Å². The largest absolute Gasteiger partial charge is 0.506 e. The van der Waals surface area contributed by atoms with Gasteiger partial charge in [-0.2, -0.15) is 5.10 Å². The number of amides is 2. The van der Waals surface area contributed by atoms with Crippen LogP contribution in [0.4, 0.5) is 0 Å². The average Bonchev–Trinajstić information content (AvgIpc) is 2.95. The van der Waals surface area contributed by atoms with Gasteiger partial charge in [0.15, 0.2) is 0 Å². The normalized spacial score (nSPS) is 11.2. The summed E-state index contributed by atoms with van der Waals surface area (Å²) in [5, 5.41) is 17.9. The summed E-state index contributed by atoms with van der Waals surface area (Å²) in [6.45, 7) is 0.523. The summed E-state index contributed by atoms with van der Waals surface area (Å²) in [5.74, 6) is -0.523. The fourth-order valence-corrected chi connectivity index (χ4v) is 4.78. The monoisotopic (exact) mass is 535 g/mol. The van der Waals surface area contributed by atoms with Gasteiger partial charge in [-0.1, -0.05) is 90.5 Å². The van der Waals surface area contributed by atoms with Crippen molar-refractivity contribution in [2.45, 2.75) is 13.0 Å². The van der Waals surface area contributed by atoms with Gasteiger partial charge in [-0.15, -0.1) is 0 Å². The number of hydrogen-bond donors (Lipinski definition) is 2. The maximum Gasteiger partial charge on any atom is 0.271 e. The van der Waals surface area contributed by atoms with E-state index < -0.39 is 5.91 Å². The van der Waals surface area contributed by atoms with Crippen molar-refractivity contribution in [3.05, 3.63) is 124 Å². The van der Waals surface area contributed by atoms with Crippen LogP contribution < -0.4 is 5.43 Å². The highest BCUT2D eigenvalue weighted by molar-refractivity contribution is 6.32. The Morgan fingerprint density at radius 3 is 2.38 bits per heavy atom. The fraction of sp³-hybridized carbons (Fsp3) is 0.0938. The van der Waals surface area contributed by atoms with Crippen LogP contribution in [-0.4, -0.2) is 35.1 Å². The Balaban J connectivity index is 1.31. The number of phenols is 1. The van der Waals surface area contributed by atoms with Gasteiger partial charge in [0.1, 0.15) is 5.75 Å². The van der Waals surface area contributed by atoms with Crippen molar-refractivity contribution in [2.75, 3.05) is 7.05 Å². The molecular formula is C32H26ClN3O3. The Hall–Kier alpha value is -4.68. The molecule has 6 nitrogen and oxygen atoms in total. The van der Waals surface area contributed by atoms with E-state index >= 15 is 0 Å². The number of carbonyl (C=O) groups excluding carboxylic acids is 2. The number of carbonyl (C=O) groups is 2. The highest BCUT2D eigenvalue weighted by Gasteiger charge is 2.14. The van der Waals surface area contributed by atoms with Gasteiger partial charge >= 0.3 is 0 Å². The van der Waals surface area contributed by atoms with Gasteiger partial charge < -0.3 is 10.0 Å². The molecule has 0 atom stereocenters. The number of likely N-dealkylation sites (N-methyl/N-ethyl adjacent to an activating group) is 1. The molecule has 0 aromatic heterocycles. The fourth-order valence-electron chi connectivity index (χ4n) is 4.60. The van der Waals surface area contributed by atoms with Crippen LogP contribution in [0.15, 0.2) is 102 Å². The van der Waals surface area contributed by atoms with Crippen LogP contribution in [0, 0.1) is 0 Å². The molecule has 0 radical (unpaired) electrons. The second-order valence-corrected chi connectivity index (χ2v) is 9.70. The van der Waals surface area contributed by atoms with E-state index in [0.717, 1.165) is 38.2 Å². The van der Waals surface area contributed by atoms with Gasteiger partial charge in [-0.05, 0) is 50.9 Å². The predicted octanol–water partition coefficient (Wildman–Crippen LogP) is 6.32. The zero-order chi connectivity index (χ0) is 27.4. The SMILES string of the molecule is CN(Cc1cccc2ccccc12)C(=O)Cc1ccc(/C=N/NC(=O)c2ccc(O)c(Cl)c2)c2ccccc12. The van der Waals surface area contributed by atoms with Crippen LogP contribution in [0.2, 0.25) is 5.02 Å². The molecule has 5 rings (SSSR count). The molecule has 0 saturated carbocycles. The summed E-state index contributed by atoms with van der Waals surface area (Å²) in [4.78, 5) is 27.4. The lowest BCUT2D eigenvalue weighted by molar-refractivity contribution is -0.129. The first-order chi connectivity index (χ1) is 18.9. The zero-order valence-corrected chi connectivity index (χ0v) is 22.0. The van der Waals surface area contributed by atoms with E-state index in [1.165, 1.54) is 18.2 Å². The van der Waals surface area contributed by atoms with Gasteiger partial charge in [-0.25, -0.2) is 5.43 Å². The number of hydrogen-bond acceptors (Lipinski definition) is 4. The number of aromatic hydroxyl groups is 1. The van der Waals surface area contributed by atoms with Crippen LogP contribution in [0.25, 0.3) is 21.5 Å². The van der Waals surface area contributed by atoms with Gasteiger partial charge in [-0.3, -0.25) is 9.59 Å². The maximum atomic E-state index is 13.2. The molecule has 0 saturated heterocycles. The second kappa shape index (κ2) is 11.4. The Morgan fingerprint density at radius 2 is 1.59 bits per heavy atom. The van der Waals surface area contributed by atoms with E-state index in [1.54, 1.807) is 11.1 Å². The Labute approximate surface area is 231 Å². The lowest BCUT2D eigenvalue weighted by atomic mass is 9.97. The lowest BCUT2D eigenvalue weighted by Crippen LogP contribution is -2.27. The molecular weight excluding hydrogens is 510 g/mol. The van der Waals surface area contributed by atoms with Crippen molar-refractivity contribution >= 4 is 51.2 Å². The molecule has 0 unspecified atom stereocenters. The van der Waals surface area contributed by atoms with Crippen LogP contribution in [-0.2, 0) is 17.8 Å². The molecule has 0 aliphatic carbocycles. The molecule has 39 heavy (non-hydrogen) atoms. The average molecular weight is 536 g/mol. The highest BCUT2D eigenvalue weighted by Crippen LogP contribution is 2.25. The van der Waals surface area contributed by atoms with Gasteiger partial charge in [0.25, 0.3) is 5.91 Å². The summed E-state index contributed by atoms with van der Waals surface area (Å²) in [6, 6.07) is 30.2. The van der Waals surface area contributed by atoms with Crippen LogP contribution in [0.5, 0.6) is 5.75 Å². The summed E-state index contributed by atoms with van der Waals surface area (Å²) in [7, 11) is 1.83. The van der Waals surface area contributed by atoms with Crippen LogP contribution in [0.3, 0.4) is 0 Å². The quantitative estimate of drug-likeness (QED) is 0.189. The zero-order valence-electron chi connectivity index (χ0n) is 21.3. The van der Waals surface area contributed by atoms with E-state index in [-0.39, 0.29) is 28.7 Å². The third-order valence-corrected chi connectivity index (χ3v) is 6.99. The molecule has 0 bridgehead atoms. The van der Waals surface area contributed by atoms with Crippen LogP contribution >= 0.6 is 11.6 Å². The van der Waals surface area contributed by atoms with Crippen molar-refractivity contribution in [3.8, 4) is 5.75 Å². The summed E-state index contributed by atoms with van der Waals surface area (Å²) in [5.41, 5.74) is 5.59. The summed E-state index contributed by atoms with van der Waals surface area (Å²) >= 11 is 5.89. The third-order valence-electron chi connectivity index (χ3n) is 6.68. The first-order valence-corrected chi connectivity index (χ1v) is 12.8. The smallest absolute Gasteiger partial charge is 0.271 e. The molecule has 7 heteroatoms. The molecule has 0 aliphatic heterocycles. The Kier molecular flexibility index (Phi) is 7.57. The van der Waals surface area contributed by atoms with Gasteiger partial charge in [0.05, 0.1) is 17.7 Å². The molecule has 0 heterocycles. The molecule has 0 aliphatic rings. The minimum absolute atomic E-state index is 0.0225. The van der Waals surface area contributed by atoms with Crippen molar-refractivity contribution in [2.24, 2.45) is 5.10 Å². The standard InChI is InChI=1S/C32H26ClN3O3/c1-36(20-25-9-6-8-21-7-2-3-10-26(21)25)31(38)18-22-13-14-24(28-12-5-4-11-27(22)28)19-34-35-32(39)23-15-16-30(37)29(33)17-23/h2-17,19,37H,18,20H2,1H3,(H,35,39)/b34-19+. The molecule has 2 amide bonds. The minimum Gasteiger partial charge on any atom is -0.506 e. The number of phenolic OH excluding ortho intramolecular Hbond substituents is 1. The van der Waals surface area contributed by atoms with Gasteiger partial charge in [0.2, 0.25) is 5.91 Å². The molecule has 194 valence electrons. The topological polar surface area (TPSA) is 82.0 Å². The highest BCUT2D eigenvalue weighted by atomic mass is 35.5. The number of nitrogens with zero attached hydrogens (tertiary/aromatic N) is 2. The van der Waals surface area contributed by atoms with Crippen molar-refractivity contribution in [1.82, 2.24) is 10.3 Å². The third kappa shape index (κ3) is 5.76. The first kappa shape index (κ1) is 25.9. The Bertz CT molecular complexity index is 1730. The number of halogens is 1. The van der Waals surface area contributed by atoms with Gasteiger partial charge in [0, 0.05) is 24.7 Å². The number of fused-ring (bicyclic) bond motifs is 2. The molecule has 0 spiro atoms.